The van der Waals surface area contributed by atoms with E-state index < -0.39 is 29.6 Å². The van der Waals surface area contributed by atoms with E-state index in [4.69, 9.17) is 4.74 Å². The number of aliphatic hydroxyl groups is 1. The minimum Gasteiger partial charge on any atom is -0.396 e. The average molecular weight is 466 g/mol. The number of aliphatic hydroxyl groups excluding tert-OH is 1. The number of carbonyl (C=O) groups is 3. The molecule has 1 aromatic rings. The van der Waals surface area contributed by atoms with Crippen LogP contribution in [-0.4, -0.2) is 83.7 Å². The molecule has 0 bridgehead atoms. The zero-order chi connectivity index (χ0) is 24.2. The number of amides is 3. The second-order valence-corrected chi connectivity index (χ2v) is 9.69. The van der Waals surface area contributed by atoms with Gasteiger partial charge in [-0.1, -0.05) is 42.5 Å². The fourth-order valence-corrected chi connectivity index (χ4v) is 6.18. The van der Waals surface area contributed by atoms with Gasteiger partial charge in [-0.05, 0) is 31.4 Å². The smallest absolute Gasteiger partial charge is 0.253 e. The molecule has 5 rings (SSSR count). The van der Waals surface area contributed by atoms with Crippen LogP contribution in [0.5, 0.6) is 0 Å². The number of carbonyl (C=O) groups excluding carboxylic acids is 3. The first kappa shape index (κ1) is 22.8. The van der Waals surface area contributed by atoms with Crippen LogP contribution in [0.1, 0.15) is 17.5 Å². The molecular formula is C26H31N3O5. The van der Waals surface area contributed by atoms with Crippen molar-refractivity contribution in [3.05, 3.63) is 53.6 Å². The normalized spacial score (nSPS) is 32.6. The molecule has 1 spiro atoms. The topological polar surface area (TPSA) is 90.4 Å². The molecule has 4 aliphatic rings. The lowest BCUT2D eigenvalue weighted by Crippen LogP contribution is -2.55. The lowest BCUT2D eigenvalue weighted by molar-refractivity contribution is -0.143. The number of rotatable bonds is 4. The van der Waals surface area contributed by atoms with Crippen LogP contribution in [-0.2, 0) is 19.1 Å². The predicted octanol–water partition coefficient (Wildman–Crippen LogP) is 1.20. The van der Waals surface area contributed by atoms with Gasteiger partial charge in [0, 0.05) is 39.0 Å². The Kier molecular flexibility index (Phi) is 5.61. The summed E-state index contributed by atoms with van der Waals surface area (Å²) in [6.45, 7) is 4.86. The molecule has 2 fully saturated rings. The van der Waals surface area contributed by atoms with Crippen molar-refractivity contribution in [1.29, 1.82) is 0 Å². The Balaban J connectivity index is 1.64. The molecule has 2 saturated heterocycles. The molecule has 1 unspecified atom stereocenters. The SMILES string of the molecule is Cc1cccc(C)c1N1CC=C[C@]23O[C@H]4C=CCN(C)C(=O)[C@H]4[C@H]2C(=O)N(CCCO)C3C1=O. The Labute approximate surface area is 199 Å². The largest absolute Gasteiger partial charge is 0.396 e. The van der Waals surface area contributed by atoms with Crippen molar-refractivity contribution in [1.82, 2.24) is 9.80 Å². The number of anilines is 1. The number of ether oxygens (including phenoxy) is 1. The van der Waals surface area contributed by atoms with E-state index in [0.717, 1.165) is 16.8 Å². The molecule has 34 heavy (non-hydrogen) atoms. The zero-order valence-corrected chi connectivity index (χ0v) is 19.8. The third-order valence-electron chi connectivity index (χ3n) is 7.63. The Morgan fingerprint density at radius 2 is 1.79 bits per heavy atom. The summed E-state index contributed by atoms with van der Waals surface area (Å²) in [6.07, 6.45) is 7.25. The second kappa shape index (κ2) is 8.36. The molecule has 8 nitrogen and oxygen atoms in total. The van der Waals surface area contributed by atoms with Gasteiger partial charge in [-0.15, -0.1) is 0 Å². The van der Waals surface area contributed by atoms with Crippen molar-refractivity contribution in [2.75, 3.05) is 38.2 Å². The molecule has 1 aromatic carbocycles. The van der Waals surface area contributed by atoms with Gasteiger partial charge in [0.05, 0.1) is 17.9 Å². The first-order valence-electron chi connectivity index (χ1n) is 11.9. The Morgan fingerprint density at radius 3 is 2.50 bits per heavy atom. The van der Waals surface area contributed by atoms with Crippen molar-refractivity contribution in [3.8, 4) is 0 Å². The zero-order valence-electron chi connectivity index (χ0n) is 19.8. The number of fused-ring (bicyclic) bond motifs is 2. The van der Waals surface area contributed by atoms with Crippen molar-refractivity contribution >= 4 is 23.4 Å². The van der Waals surface area contributed by atoms with E-state index in [9.17, 15) is 19.5 Å². The van der Waals surface area contributed by atoms with Crippen LogP contribution >= 0.6 is 0 Å². The van der Waals surface area contributed by atoms with Gasteiger partial charge in [0.1, 0.15) is 11.6 Å². The minimum absolute atomic E-state index is 0.101. The lowest BCUT2D eigenvalue weighted by atomic mass is 9.77. The number of nitrogens with zero attached hydrogens (tertiary/aromatic N) is 3. The third-order valence-corrected chi connectivity index (χ3v) is 7.63. The summed E-state index contributed by atoms with van der Waals surface area (Å²) in [7, 11) is 1.72. The summed E-state index contributed by atoms with van der Waals surface area (Å²) in [6, 6.07) is 4.98. The van der Waals surface area contributed by atoms with Crippen molar-refractivity contribution in [3.63, 3.8) is 0 Å². The molecule has 4 heterocycles. The monoisotopic (exact) mass is 465 g/mol. The van der Waals surface area contributed by atoms with E-state index >= 15 is 0 Å². The molecule has 3 amide bonds. The van der Waals surface area contributed by atoms with E-state index in [-0.39, 0.29) is 30.9 Å². The average Bonchev–Trinajstić information content (AvgIpc) is 3.12. The summed E-state index contributed by atoms with van der Waals surface area (Å²) < 4.78 is 6.56. The molecule has 180 valence electrons. The van der Waals surface area contributed by atoms with Crippen molar-refractivity contribution in [2.45, 2.75) is 38.0 Å². The quantitative estimate of drug-likeness (QED) is 0.675. The number of hydrogen-bond acceptors (Lipinski definition) is 5. The van der Waals surface area contributed by atoms with E-state index in [1.807, 2.05) is 56.4 Å². The predicted molar refractivity (Wildman–Crippen MR) is 126 cm³/mol. The van der Waals surface area contributed by atoms with Gasteiger partial charge in [0.25, 0.3) is 5.91 Å². The summed E-state index contributed by atoms with van der Waals surface area (Å²) in [5.74, 6) is -2.12. The van der Waals surface area contributed by atoms with Crippen LogP contribution in [0.4, 0.5) is 5.69 Å². The lowest BCUT2D eigenvalue weighted by Gasteiger charge is -2.36. The number of aryl methyl sites for hydroxylation is 2. The van der Waals surface area contributed by atoms with Crippen LogP contribution in [0.2, 0.25) is 0 Å². The summed E-state index contributed by atoms with van der Waals surface area (Å²) in [4.78, 5) is 46.3. The van der Waals surface area contributed by atoms with Crippen molar-refractivity contribution in [2.24, 2.45) is 11.8 Å². The Morgan fingerprint density at radius 1 is 1.06 bits per heavy atom. The van der Waals surface area contributed by atoms with Crippen LogP contribution in [0, 0.1) is 25.7 Å². The molecule has 8 heteroatoms. The van der Waals surface area contributed by atoms with E-state index in [2.05, 4.69) is 0 Å². The number of para-hydroxylation sites is 1. The molecule has 0 saturated carbocycles. The third kappa shape index (κ3) is 3.15. The number of likely N-dealkylation sites (tertiary alicyclic amines) is 1. The van der Waals surface area contributed by atoms with Crippen LogP contribution in [0.25, 0.3) is 0 Å². The molecule has 4 aliphatic heterocycles. The molecule has 0 radical (unpaired) electrons. The number of hydrogen-bond donors (Lipinski definition) is 1. The highest BCUT2D eigenvalue weighted by Crippen LogP contribution is 2.53. The summed E-state index contributed by atoms with van der Waals surface area (Å²) in [5, 5.41) is 9.49. The van der Waals surface area contributed by atoms with Crippen LogP contribution < -0.4 is 4.90 Å². The molecule has 0 aliphatic carbocycles. The van der Waals surface area contributed by atoms with E-state index in [1.165, 1.54) is 4.90 Å². The van der Waals surface area contributed by atoms with Gasteiger partial charge < -0.3 is 24.5 Å². The maximum Gasteiger partial charge on any atom is 0.253 e. The molecule has 1 N–H and O–H groups in total. The standard InChI is InChI=1S/C26H31N3O5/c1-16-8-4-9-17(2)21(16)28-13-6-11-26-20(19-18(34-26)10-5-12-27(3)23(19)31)24(32)29(14-7-15-30)22(26)25(28)33/h4-6,8-11,18-20,22,30H,7,12-15H2,1-3H3/t18-,19+,20-,22?,26-/m0/s1. The highest BCUT2D eigenvalue weighted by atomic mass is 16.5. The molecule has 0 aromatic heterocycles. The molecular weight excluding hydrogens is 434 g/mol. The Bertz CT molecular complexity index is 1080. The minimum atomic E-state index is -1.23. The van der Waals surface area contributed by atoms with Crippen LogP contribution in [0.3, 0.4) is 0 Å². The van der Waals surface area contributed by atoms with Gasteiger partial charge in [-0.2, -0.15) is 0 Å². The van der Waals surface area contributed by atoms with Crippen LogP contribution in [0.15, 0.2) is 42.5 Å². The maximum absolute atomic E-state index is 14.2. The number of benzene rings is 1. The fourth-order valence-electron chi connectivity index (χ4n) is 6.18. The highest BCUT2D eigenvalue weighted by molar-refractivity contribution is 6.06. The fraction of sp³-hybridized carbons (Fsp3) is 0.500. The van der Waals surface area contributed by atoms with Gasteiger partial charge in [0.15, 0.2) is 0 Å². The van der Waals surface area contributed by atoms with Gasteiger partial charge in [-0.3, -0.25) is 14.4 Å². The number of likely N-dealkylation sites (N-methyl/N-ethyl adjacent to an activating group) is 1. The first-order valence-corrected chi connectivity index (χ1v) is 11.9. The first-order chi connectivity index (χ1) is 16.3. The van der Waals surface area contributed by atoms with Gasteiger partial charge in [-0.25, -0.2) is 0 Å². The molecule has 5 atom stereocenters. The van der Waals surface area contributed by atoms with E-state index in [0.29, 0.717) is 19.5 Å². The van der Waals surface area contributed by atoms with Crippen molar-refractivity contribution < 1.29 is 24.2 Å². The second-order valence-electron chi connectivity index (χ2n) is 9.69. The highest BCUT2D eigenvalue weighted by Gasteiger charge is 2.71. The summed E-state index contributed by atoms with van der Waals surface area (Å²) in [5.41, 5.74) is 1.54. The van der Waals surface area contributed by atoms with Gasteiger partial charge >= 0.3 is 0 Å². The Hall–Kier alpha value is -2.97. The summed E-state index contributed by atoms with van der Waals surface area (Å²) >= 11 is 0. The van der Waals surface area contributed by atoms with Gasteiger partial charge in [0.2, 0.25) is 11.8 Å². The van der Waals surface area contributed by atoms with E-state index in [1.54, 1.807) is 16.8 Å². The maximum atomic E-state index is 14.2.